The van der Waals surface area contributed by atoms with Gasteiger partial charge in [0.1, 0.15) is 6.04 Å². The van der Waals surface area contributed by atoms with E-state index in [1.165, 1.54) is 0 Å². The lowest BCUT2D eigenvalue weighted by molar-refractivity contribution is -0.121. The summed E-state index contributed by atoms with van der Waals surface area (Å²) in [5.74, 6) is 0.139. The summed E-state index contributed by atoms with van der Waals surface area (Å²) in [6, 6.07) is 13.1. The van der Waals surface area contributed by atoms with Gasteiger partial charge in [-0.2, -0.15) is 0 Å². The van der Waals surface area contributed by atoms with Gasteiger partial charge < -0.3 is 10.2 Å². The first-order valence-corrected chi connectivity index (χ1v) is 9.14. The molecule has 0 saturated heterocycles. The van der Waals surface area contributed by atoms with E-state index in [4.69, 9.17) is 0 Å². The van der Waals surface area contributed by atoms with Crippen LogP contribution in [0.3, 0.4) is 0 Å². The Labute approximate surface area is 155 Å². The van der Waals surface area contributed by atoms with Crippen molar-refractivity contribution in [1.82, 2.24) is 4.90 Å². The fourth-order valence-corrected chi connectivity index (χ4v) is 3.57. The van der Waals surface area contributed by atoms with Crippen LogP contribution in [0.15, 0.2) is 42.5 Å². The highest BCUT2D eigenvalue weighted by molar-refractivity contribution is 6.03. The first-order chi connectivity index (χ1) is 12.4. The monoisotopic (exact) mass is 350 g/mol. The highest BCUT2D eigenvalue weighted by Gasteiger charge is 2.36. The van der Waals surface area contributed by atoms with Gasteiger partial charge >= 0.3 is 0 Å². The summed E-state index contributed by atoms with van der Waals surface area (Å²) in [6.45, 7) is 8.61. The number of para-hydroxylation sites is 1. The number of hydrogen-bond donors (Lipinski definition) is 1. The Morgan fingerprint density at radius 1 is 1.08 bits per heavy atom. The molecule has 0 bridgehead atoms. The summed E-state index contributed by atoms with van der Waals surface area (Å²) < 4.78 is 0. The van der Waals surface area contributed by atoms with Gasteiger partial charge in [-0.15, -0.1) is 0 Å². The maximum atomic E-state index is 13.1. The second-order valence-corrected chi connectivity index (χ2v) is 7.49. The van der Waals surface area contributed by atoms with Crippen LogP contribution in [0.5, 0.6) is 0 Å². The third-order valence-corrected chi connectivity index (χ3v) is 4.95. The molecular formula is C22H26N2O2. The minimum Gasteiger partial charge on any atom is -0.324 e. The lowest BCUT2D eigenvalue weighted by Gasteiger charge is -2.28. The standard InChI is InChI=1S/C22H26N2O2/c1-14(2)12-19(21(25)23-20-15(3)8-7-9-16(20)4)24-13-17-10-5-6-11-18(17)22(24)26/h5-11,14,19H,12-13H2,1-4H3,(H,23,25)/t19-/m1/s1. The molecular weight excluding hydrogens is 324 g/mol. The van der Waals surface area contributed by atoms with Gasteiger partial charge in [-0.05, 0) is 48.9 Å². The lowest BCUT2D eigenvalue weighted by Crippen LogP contribution is -2.45. The molecule has 0 radical (unpaired) electrons. The topological polar surface area (TPSA) is 49.4 Å². The summed E-state index contributed by atoms with van der Waals surface area (Å²) in [4.78, 5) is 27.7. The van der Waals surface area contributed by atoms with E-state index in [-0.39, 0.29) is 11.8 Å². The van der Waals surface area contributed by atoms with Crippen molar-refractivity contribution < 1.29 is 9.59 Å². The molecule has 2 aromatic rings. The summed E-state index contributed by atoms with van der Waals surface area (Å²) >= 11 is 0. The maximum absolute atomic E-state index is 13.1. The molecule has 1 atom stereocenters. The first-order valence-electron chi connectivity index (χ1n) is 9.14. The fourth-order valence-electron chi connectivity index (χ4n) is 3.57. The van der Waals surface area contributed by atoms with Gasteiger partial charge in [-0.3, -0.25) is 9.59 Å². The van der Waals surface area contributed by atoms with Crippen LogP contribution in [-0.4, -0.2) is 22.8 Å². The van der Waals surface area contributed by atoms with Crippen LogP contribution in [0.25, 0.3) is 0 Å². The van der Waals surface area contributed by atoms with E-state index in [0.717, 1.165) is 22.4 Å². The first kappa shape index (κ1) is 18.2. The number of anilines is 1. The van der Waals surface area contributed by atoms with Gasteiger partial charge in [0.25, 0.3) is 5.91 Å². The number of aryl methyl sites for hydroxylation is 2. The molecule has 2 amide bonds. The molecule has 0 spiro atoms. The number of rotatable bonds is 5. The van der Waals surface area contributed by atoms with E-state index in [1.807, 2.05) is 56.3 Å². The molecule has 0 fully saturated rings. The molecule has 26 heavy (non-hydrogen) atoms. The molecule has 0 unspecified atom stereocenters. The van der Waals surface area contributed by atoms with E-state index in [0.29, 0.717) is 24.4 Å². The van der Waals surface area contributed by atoms with E-state index in [2.05, 4.69) is 19.2 Å². The third-order valence-electron chi connectivity index (χ3n) is 4.95. The lowest BCUT2D eigenvalue weighted by atomic mass is 10.0. The van der Waals surface area contributed by atoms with E-state index < -0.39 is 6.04 Å². The average molecular weight is 350 g/mol. The molecule has 1 aliphatic heterocycles. The van der Waals surface area contributed by atoms with Crippen molar-refractivity contribution in [2.45, 2.75) is 46.7 Å². The number of carbonyl (C=O) groups excluding carboxylic acids is 2. The Balaban J connectivity index is 1.87. The number of benzene rings is 2. The number of carbonyl (C=O) groups is 2. The Morgan fingerprint density at radius 2 is 1.73 bits per heavy atom. The van der Waals surface area contributed by atoms with Crippen molar-refractivity contribution in [1.29, 1.82) is 0 Å². The SMILES string of the molecule is Cc1cccc(C)c1NC(=O)[C@@H](CC(C)C)N1Cc2ccccc2C1=O. The van der Waals surface area contributed by atoms with Crippen molar-refractivity contribution in [2.75, 3.05) is 5.32 Å². The van der Waals surface area contributed by atoms with E-state index >= 15 is 0 Å². The summed E-state index contributed by atoms with van der Waals surface area (Å²) in [5, 5.41) is 3.08. The molecule has 1 N–H and O–H groups in total. The summed E-state index contributed by atoms with van der Waals surface area (Å²) in [5.41, 5.74) is 4.60. The van der Waals surface area contributed by atoms with Crippen LogP contribution in [0.2, 0.25) is 0 Å². The van der Waals surface area contributed by atoms with E-state index in [9.17, 15) is 9.59 Å². The van der Waals surface area contributed by atoms with Crippen molar-refractivity contribution in [3.05, 3.63) is 64.7 Å². The Hall–Kier alpha value is -2.62. The van der Waals surface area contributed by atoms with Gasteiger partial charge in [0.2, 0.25) is 5.91 Å². The van der Waals surface area contributed by atoms with Crippen molar-refractivity contribution in [3.63, 3.8) is 0 Å². The predicted molar refractivity (Wildman–Crippen MR) is 104 cm³/mol. The molecule has 1 aliphatic rings. The zero-order valence-corrected chi connectivity index (χ0v) is 15.9. The molecule has 1 heterocycles. The minimum atomic E-state index is -0.478. The molecule has 0 aromatic heterocycles. The normalized spacial score (nSPS) is 14.5. The average Bonchev–Trinajstić information content (AvgIpc) is 2.93. The predicted octanol–water partition coefficient (Wildman–Crippen LogP) is 4.31. The molecule has 4 heteroatoms. The number of nitrogens with one attached hydrogen (secondary N) is 1. The quantitative estimate of drug-likeness (QED) is 0.873. The Bertz CT molecular complexity index is 822. The zero-order chi connectivity index (χ0) is 18.8. The molecule has 0 saturated carbocycles. The second kappa shape index (κ2) is 7.32. The van der Waals surface area contributed by atoms with Gasteiger partial charge in [-0.25, -0.2) is 0 Å². The van der Waals surface area contributed by atoms with Gasteiger partial charge in [-0.1, -0.05) is 50.2 Å². The zero-order valence-electron chi connectivity index (χ0n) is 15.9. The highest BCUT2D eigenvalue weighted by Crippen LogP contribution is 2.28. The Morgan fingerprint density at radius 3 is 2.35 bits per heavy atom. The minimum absolute atomic E-state index is 0.0529. The van der Waals surface area contributed by atoms with Crippen LogP contribution in [-0.2, 0) is 11.3 Å². The van der Waals surface area contributed by atoms with E-state index in [1.54, 1.807) is 4.90 Å². The van der Waals surface area contributed by atoms with Crippen LogP contribution in [0.1, 0.15) is 47.3 Å². The van der Waals surface area contributed by atoms with Crippen LogP contribution < -0.4 is 5.32 Å². The third kappa shape index (κ3) is 3.50. The second-order valence-electron chi connectivity index (χ2n) is 7.49. The van der Waals surface area contributed by atoms with Crippen LogP contribution in [0.4, 0.5) is 5.69 Å². The molecule has 0 aliphatic carbocycles. The van der Waals surface area contributed by atoms with Crippen molar-refractivity contribution in [3.8, 4) is 0 Å². The maximum Gasteiger partial charge on any atom is 0.255 e. The van der Waals surface area contributed by atoms with Gasteiger partial charge in [0, 0.05) is 17.8 Å². The van der Waals surface area contributed by atoms with Gasteiger partial charge in [0.15, 0.2) is 0 Å². The fraction of sp³-hybridized carbons (Fsp3) is 0.364. The number of nitrogens with zero attached hydrogens (tertiary/aromatic N) is 1. The largest absolute Gasteiger partial charge is 0.324 e. The molecule has 4 nitrogen and oxygen atoms in total. The summed E-state index contributed by atoms with van der Waals surface area (Å²) in [6.07, 6.45) is 0.635. The number of fused-ring (bicyclic) bond motifs is 1. The van der Waals surface area contributed by atoms with Crippen LogP contribution >= 0.6 is 0 Å². The molecule has 136 valence electrons. The highest BCUT2D eigenvalue weighted by atomic mass is 16.2. The number of hydrogen-bond acceptors (Lipinski definition) is 2. The number of amides is 2. The molecule has 3 rings (SSSR count). The van der Waals surface area contributed by atoms with Crippen LogP contribution in [0, 0.1) is 19.8 Å². The van der Waals surface area contributed by atoms with Gasteiger partial charge in [0.05, 0.1) is 0 Å². The van der Waals surface area contributed by atoms with Crippen molar-refractivity contribution in [2.24, 2.45) is 5.92 Å². The summed E-state index contributed by atoms with van der Waals surface area (Å²) in [7, 11) is 0. The smallest absolute Gasteiger partial charge is 0.255 e. The Kier molecular flexibility index (Phi) is 5.12. The van der Waals surface area contributed by atoms with Crippen molar-refractivity contribution >= 4 is 17.5 Å². The molecule has 2 aromatic carbocycles.